The molecule has 1 aliphatic rings. The summed E-state index contributed by atoms with van der Waals surface area (Å²) in [6.07, 6.45) is -0.233. The molecule has 1 aliphatic carbocycles. The van der Waals surface area contributed by atoms with Crippen LogP contribution in [0.2, 0.25) is 0 Å². The van der Waals surface area contributed by atoms with Crippen LogP contribution in [0, 0.1) is 24.2 Å². The number of nitrogens with zero attached hydrogens (tertiary/aromatic N) is 5. The van der Waals surface area contributed by atoms with E-state index in [-0.39, 0.29) is 24.2 Å². The number of anilines is 1. The van der Waals surface area contributed by atoms with Gasteiger partial charge in [-0.15, -0.1) is 0 Å². The Morgan fingerprint density at radius 3 is 2.70 bits per heavy atom. The molecule has 3 aromatic rings. The van der Waals surface area contributed by atoms with Gasteiger partial charge in [-0.25, -0.2) is 9.97 Å². The van der Waals surface area contributed by atoms with Crippen LogP contribution in [-0.4, -0.2) is 31.8 Å². The lowest BCUT2D eigenvalue weighted by atomic mass is 10.0. The van der Waals surface area contributed by atoms with Crippen LogP contribution in [0.25, 0.3) is 10.9 Å². The molecule has 170 valence electrons. The highest BCUT2D eigenvalue weighted by molar-refractivity contribution is 5.96. The van der Waals surface area contributed by atoms with Crippen LogP contribution in [0.5, 0.6) is 0 Å². The van der Waals surface area contributed by atoms with Gasteiger partial charge in [0, 0.05) is 17.6 Å². The molecular formula is C23H21F3N6O. The minimum atomic E-state index is -4.50. The second-order valence-corrected chi connectivity index (χ2v) is 8.16. The zero-order chi connectivity index (χ0) is 23.8. The van der Waals surface area contributed by atoms with E-state index in [0.717, 1.165) is 24.2 Å². The Labute approximate surface area is 188 Å². The Morgan fingerprint density at radius 1 is 1.24 bits per heavy atom. The van der Waals surface area contributed by atoms with E-state index in [9.17, 15) is 23.2 Å². The van der Waals surface area contributed by atoms with Gasteiger partial charge in [0.2, 0.25) is 0 Å². The summed E-state index contributed by atoms with van der Waals surface area (Å²) >= 11 is 0. The Kier molecular flexibility index (Phi) is 5.89. The van der Waals surface area contributed by atoms with Crippen molar-refractivity contribution < 1.29 is 18.0 Å². The van der Waals surface area contributed by atoms with Crippen LogP contribution in [0.15, 0.2) is 36.7 Å². The second kappa shape index (κ2) is 8.65. The third-order valence-corrected chi connectivity index (χ3v) is 5.94. The molecule has 4 rings (SSSR count). The first-order valence-electron chi connectivity index (χ1n) is 10.4. The van der Waals surface area contributed by atoms with E-state index in [4.69, 9.17) is 5.73 Å². The number of carbonyl (C=O) groups is 1. The number of rotatable bonds is 4. The van der Waals surface area contributed by atoms with Gasteiger partial charge in [0.1, 0.15) is 11.5 Å². The SMILES string of the molecule is Cc1cc2cc(C(=O)N(Cc3ccc(C(F)(F)F)cn3)[C@@H]3CCC[C@H]3C#N)ncc2nc1N. The van der Waals surface area contributed by atoms with Crippen LogP contribution in [0.4, 0.5) is 19.0 Å². The first-order chi connectivity index (χ1) is 15.7. The third-order valence-electron chi connectivity index (χ3n) is 5.94. The van der Waals surface area contributed by atoms with Gasteiger partial charge in [0.25, 0.3) is 5.91 Å². The van der Waals surface area contributed by atoms with Gasteiger partial charge < -0.3 is 10.6 Å². The minimum absolute atomic E-state index is 0.0292. The molecule has 0 bridgehead atoms. The van der Waals surface area contributed by atoms with Gasteiger partial charge in [0.05, 0.1) is 41.5 Å². The van der Waals surface area contributed by atoms with E-state index in [2.05, 4.69) is 21.0 Å². The number of halogens is 3. The van der Waals surface area contributed by atoms with E-state index in [1.807, 2.05) is 13.0 Å². The summed E-state index contributed by atoms with van der Waals surface area (Å²) in [6, 6.07) is 7.49. The number of aryl methyl sites for hydroxylation is 1. The van der Waals surface area contributed by atoms with Crippen molar-refractivity contribution >= 4 is 22.6 Å². The molecular weight excluding hydrogens is 433 g/mol. The standard InChI is InChI=1S/C23H21F3N6O/c1-13-7-15-8-18(30-11-19(15)31-21(13)28)22(33)32(20-4-2-3-14(20)9-27)12-17-6-5-16(10-29-17)23(24,25)26/h5-8,10-11,14,20H,2-4,12H2,1H3,(H2,28,31)/t14-,20+/m0/s1. The van der Waals surface area contributed by atoms with Crippen molar-refractivity contribution in [3.05, 3.63) is 59.2 Å². The van der Waals surface area contributed by atoms with Gasteiger partial charge >= 0.3 is 6.18 Å². The lowest BCUT2D eigenvalue weighted by Crippen LogP contribution is -2.42. The number of alkyl halides is 3. The van der Waals surface area contributed by atoms with Crippen LogP contribution in [-0.2, 0) is 12.7 Å². The van der Waals surface area contributed by atoms with Crippen LogP contribution < -0.4 is 5.73 Å². The van der Waals surface area contributed by atoms with Crippen molar-refractivity contribution in [1.29, 1.82) is 5.26 Å². The fourth-order valence-electron chi connectivity index (χ4n) is 4.13. The summed E-state index contributed by atoms with van der Waals surface area (Å²) in [7, 11) is 0. The highest BCUT2D eigenvalue weighted by Crippen LogP contribution is 2.32. The van der Waals surface area contributed by atoms with Gasteiger partial charge in [-0.2, -0.15) is 18.4 Å². The summed E-state index contributed by atoms with van der Waals surface area (Å²) < 4.78 is 38.7. The summed E-state index contributed by atoms with van der Waals surface area (Å²) in [5.41, 5.74) is 6.74. The normalized spacial score (nSPS) is 18.3. The molecule has 0 spiro atoms. The fraction of sp³-hybridized carbons (Fsp3) is 0.348. The van der Waals surface area contributed by atoms with E-state index in [1.165, 1.54) is 17.2 Å². The number of pyridine rings is 3. The van der Waals surface area contributed by atoms with E-state index in [0.29, 0.717) is 35.3 Å². The average molecular weight is 454 g/mol. The molecule has 0 aliphatic heterocycles. The van der Waals surface area contributed by atoms with Crippen molar-refractivity contribution in [1.82, 2.24) is 19.9 Å². The molecule has 0 saturated heterocycles. The molecule has 1 saturated carbocycles. The van der Waals surface area contributed by atoms with Gasteiger partial charge in [-0.3, -0.25) is 9.78 Å². The molecule has 0 aromatic carbocycles. The van der Waals surface area contributed by atoms with E-state index < -0.39 is 17.6 Å². The number of nitrogen functional groups attached to an aromatic ring is 1. The van der Waals surface area contributed by atoms with Crippen LogP contribution in [0.3, 0.4) is 0 Å². The fourth-order valence-corrected chi connectivity index (χ4v) is 4.13. The van der Waals surface area contributed by atoms with E-state index in [1.54, 1.807) is 6.07 Å². The monoisotopic (exact) mass is 454 g/mol. The van der Waals surface area contributed by atoms with Crippen LogP contribution in [0.1, 0.15) is 46.6 Å². The molecule has 1 amide bonds. The van der Waals surface area contributed by atoms with Gasteiger partial charge in [0.15, 0.2) is 0 Å². The maximum Gasteiger partial charge on any atom is 0.417 e. The third kappa shape index (κ3) is 4.58. The smallest absolute Gasteiger partial charge is 0.383 e. The highest BCUT2D eigenvalue weighted by Gasteiger charge is 2.36. The molecule has 0 radical (unpaired) electrons. The number of fused-ring (bicyclic) bond motifs is 1. The zero-order valence-electron chi connectivity index (χ0n) is 17.8. The number of amides is 1. The summed E-state index contributed by atoms with van der Waals surface area (Å²) in [4.78, 5) is 27.4. The highest BCUT2D eigenvalue weighted by atomic mass is 19.4. The predicted molar refractivity (Wildman–Crippen MR) is 115 cm³/mol. The maximum atomic E-state index is 13.5. The number of carbonyl (C=O) groups excluding carboxylic acids is 1. The lowest BCUT2D eigenvalue weighted by molar-refractivity contribution is -0.137. The number of hydrogen-bond acceptors (Lipinski definition) is 6. The van der Waals surface area contributed by atoms with Crippen molar-refractivity contribution in [2.24, 2.45) is 5.92 Å². The number of aromatic nitrogens is 3. The van der Waals surface area contributed by atoms with E-state index >= 15 is 0 Å². The second-order valence-electron chi connectivity index (χ2n) is 8.16. The molecule has 2 atom stereocenters. The Hall–Kier alpha value is -3.74. The zero-order valence-corrected chi connectivity index (χ0v) is 17.8. The topological polar surface area (TPSA) is 109 Å². The molecule has 2 N–H and O–H groups in total. The first-order valence-corrected chi connectivity index (χ1v) is 10.4. The molecule has 0 unspecified atom stereocenters. The van der Waals surface area contributed by atoms with Crippen LogP contribution >= 0.6 is 0 Å². The summed E-state index contributed by atoms with van der Waals surface area (Å²) in [6.45, 7) is 1.78. The number of hydrogen-bond donors (Lipinski definition) is 1. The Bertz CT molecular complexity index is 1240. The molecule has 1 fully saturated rings. The lowest BCUT2D eigenvalue weighted by Gasteiger charge is -2.30. The Balaban J connectivity index is 1.69. The van der Waals surface area contributed by atoms with Crippen molar-refractivity contribution in [3.8, 4) is 6.07 Å². The van der Waals surface area contributed by atoms with Gasteiger partial charge in [-0.1, -0.05) is 0 Å². The maximum absolute atomic E-state index is 13.5. The molecule has 3 heterocycles. The molecule has 33 heavy (non-hydrogen) atoms. The molecule has 10 heteroatoms. The molecule has 7 nitrogen and oxygen atoms in total. The summed E-state index contributed by atoms with van der Waals surface area (Å²) in [5.74, 6) is -0.408. The van der Waals surface area contributed by atoms with Crippen molar-refractivity contribution in [2.45, 2.75) is 44.9 Å². The van der Waals surface area contributed by atoms with Crippen molar-refractivity contribution in [2.75, 3.05) is 5.73 Å². The quantitative estimate of drug-likeness (QED) is 0.631. The predicted octanol–water partition coefficient (Wildman–Crippen LogP) is 4.27. The number of nitriles is 1. The average Bonchev–Trinajstić information content (AvgIpc) is 3.26. The largest absolute Gasteiger partial charge is 0.417 e. The minimum Gasteiger partial charge on any atom is -0.383 e. The molecule has 3 aromatic heterocycles. The Morgan fingerprint density at radius 2 is 2.03 bits per heavy atom. The number of nitrogens with two attached hydrogens (primary N) is 1. The summed E-state index contributed by atoms with van der Waals surface area (Å²) in [5, 5.41) is 10.3. The first kappa shape index (κ1) is 22.5. The van der Waals surface area contributed by atoms with Gasteiger partial charge in [-0.05, 0) is 56.0 Å². The van der Waals surface area contributed by atoms with Crippen molar-refractivity contribution in [3.63, 3.8) is 0 Å².